The zero-order chi connectivity index (χ0) is 11.8. The quantitative estimate of drug-likeness (QED) is 0.600. The smallest absolute Gasteiger partial charge is 0.320 e. The van der Waals surface area contributed by atoms with E-state index in [1.54, 1.807) is 7.11 Å². The number of hydrogen-bond acceptors (Lipinski definition) is 4. The molecule has 0 bridgehead atoms. The largest absolute Gasteiger partial charge is 0.480 e. The van der Waals surface area contributed by atoms with Gasteiger partial charge in [-0.25, -0.2) is 0 Å². The van der Waals surface area contributed by atoms with Gasteiger partial charge >= 0.3 is 5.97 Å². The van der Waals surface area contributed by atoms with Crippen LogP contribution in [0.3, 0.4) is 0 Å². The molecule has 5 nitrogen and oxygen atoms in total. The summed E-state index contributed by atoms with van der Waals surface area (Å²) in [6, 6.07) is -0.00784. The standard InChI is InChI=1S/C11H21NO4/c1-15-7-8-16-6-2-3-9-4-5-10(12-9)11(13)14/h9-10,12H,2-8H2,1H3,(H,13,14). The molecule has 16 heavy (non-hydrogen) atoms. The molecule has 0 aromatic heterocycles. The van der Waals surface area contributed by atoms with Crippen molar-refractivity contribution in [3.05, 3.63) is 0 Å². The van der Waals surface area contributed by atoms with Gasteiger partial charge in [-0.05, 0) is 25.7 Å². The molecule has 2 unspecified atom stereocenters. The molecule has 1 aliphatic heterocycles. The van der Waals surface area contributed by atoms with Gasteiger partial charge in [0.2, 0.25) is 0 Å². The highest BCUT2D eigenvalue weighted by atomic mass is 16.5. The van der Waals surface area contributed by atoms with Crippen LogP contribution in [0.15, 0.2) is 0 Å². The van der Waals surface area contributed by atoms with E-state index in [1.165, 1.54) is 0 Å². The van der Waals surface area contributed by atoms with E-state index in [0.29, 0.717) is 19.3 Å². The molecule has 0 radical (unpaired) electrons. The number of ether oxygens (including phenoxy) is 2. The maximum absolute atomic E-state index is 10.7. The first-order chi connectivity index (χ1) is 7.74. The molecule has 2 atom stereocenters. The lowest BCUT2D eigenvalue weighted by Crippen LogP contribution is -2.35. The minimum absolute atomic E-state index is 0.340. The van der Waals surface area contributed by atoms with E-state index in [4.69, 9.17) is 14.6 Å². The predicted molar refractivity (Wildman–Crippen MR) is 59.5 cm³/mol. The molecule has 0 aromatic carbocycles. The highest BCUT2D eigenvalue weighted by molar-refractivity contribution is 5.73. The van der Waals surface area contributed by atoms with Crippen LogP contribution >= 0.6 is 0 Å². The number of carboxylic acids is 1. The second kappa shape index (κ2) is 7.60. The molecule has 94 valence electrons. The number of nitrogens with one attached hydrogen (secondary N) is 1. The number of rotatable bonds is 8. The Morgan fingerprint density at radius 1 is 1.38 bits per heavy atom. The number of aliphatic carboxylic acids is 1. The van der Waals surface area contributed by atoms with Gasteiger partial charge in [0.25, 0.3) is 0 Å². The average Bonchev–Trinajstić information content (AvgIpc) is 2.72. The molecular weight excluding hydrogens is 210 g/mol. The second-order valence-electron chi connectivity index (χ2n) is 4.08. The molecule has 1 heterocycles. The first-order valence-electron chi connectivity index (χ1n) is 5.79. The molecule has 1 rings (SSSR count). The number of carboxylic acid groups (broad SMARTS) is 1. The van der Waals surface area contributed by atoms with Crippen molar-refractivity contribution in [3.8, 4) is 0 Å². The van der Waals surface area contributed by atoms with E-state index >= 15 is 0 Å². The molecule has 1 fully saturated rings. The summed E-state index contributed by atoms with van der Waals surface area (Å²) in [6.07, 6.45) is 3.64. The highest BCUT2D eigenvalue weighted by Gasteiger charge is 2.27. The van der Waals surface area contributed by atoms with Crippen molar-refractivity contribution in [2.45, 2.75) is 37.8 Å². The third kappa shape index (κ3) is 4.92. The second-order valence-corrected chi connectivity index (χ2v) is 4.08. The number of carbonyl (C=O) groups is 1. The summed E-state index contributed by atoms with van der Waals surface area (Å²) in [5, 5.41) is 11.9. The van der Waals surface area contributed by atoms with Crippen LogP contribution < -0.4 is 5.32 Å². The van der Waals surface area contributed by atoms with Crippen molar-refractivity contribution in [2.24, 2.45) is 0 Å². The fourth-order valence-corrected chi connectivity index (χ4v) is 1.92. The molecule has 2 N–H and O–H groups in total. The van der Waals surface area contributed by atoms with Gasteiger partial charge in [-0.1, -0.05) is 0 Å². The van der Waals surface area contributed by atoms with Gasteiger partial charge in [-0.3, -0.25) is 4.79 Å². The number of hydrogen-bond donors (Lipinski definition) is 2. The van der Waals surface area contributed by atoms with Gasteiger partial charge in [0, 0.05) is 19.8 Å². The molecule has 0 spiro atoms. The summed E-state index contributed by atoms with van der Waals surface area (Å²) < 4.78 is 10.2. The molecule has 0 aromatic rings. The first-order valence-corrected chi connectivity index (χ1v) is 5.79. The monoisotopic (exact) mass is 231 g/mol. The van der Waals surface area contributed by atoms with Crippen LogP contribution in [0.5, 0.6) is 0 Å². The summed E-state index contributed by atoms with van der Waals surface area (Å²) in [5.74, 6) is -0.737. The SMILES string of the molecule is COCCOCCCC1CCC(C(=O)O)N1. The van der Waals surface area contributed by atoms with Crippen LogP contribution in [0, 0.1) is 0 Å². The summed E-state index contributed by atoms with van der Waals surface area (Å²) >= 11 is 0. The highest BCUT2D eigenvalue weighted by Crippen LogP contribution is 2.16. The summed E-state index contributed by atoms with van der Waals surface area (Å²) in [4.78, 5) is 10.7. The molecule has 5 heteroatoms. The topological polar surface area (TPSA) is 67.8 Å². The summed E-state index contributed by atoms with van der Waals surface area (Å²) in [6.45, 7) is 1.98. The molecule has 1 aliphatic rings. The van der Waals surface area contributed by atoms with Crippen LogP contribution in [-0.2, 0) is 14.3 Å². The van der Waals surface area contributed by atoms with Crippen LogP contribution in [0.4, 0.5) is 0 Å². The van der Waals surface area contributed by atoms with Gasteiger partial charge in [0.1, 0.15) is 6.04 Å². The average molecular weight is 231 g/mol. The fraction of sp³-hybridized carbons (Fsp3) is 0.909. The van der Waals surface area contributed by atoms with Gasteiger partial charge in [-0.2, -0.15) is 0 Å². The van der Waals surface area contributed by atoms with Gasteiger partial charge in [0.15, 0.2) is 0 Å². The lowest BCUT2D eigenvalue weighted by Gasteiger charge is -2.11. The fourth-order valence-electron chi connectivity index (χ4n) is 1.92. The molecule has 1 saturated heterocycles. The Bertz CT molecular complexity index is 210. The van der Waals surface area contributed by atoms with Crippen molar-refractivity contribution < 1.29 is 19.4 Å². The van der Waals surface area contributed by atoms with Gasteiger partial charge in [-0.15, -0.1) is 0 Å². The van der Waals surface area contributed by atoms with E-state index in [9.17, 15) is 4.79 Å². The maximum atomic E-state index is 10.7. The maximum Gasteiger partial charge on any atom is 0.320 e. The molecule has 0 amide bonds. The van der Waals surface area contributed by atoms with Crippen LogP contribution in [0.2, 0.25) is 0 Å². The molecular formula is C11H21NO4. The van der Waals surface area contributed by atoms with E-state index in [1.807, 2.05) is 0 Å². The van der Waals surface area contributed by atoms with Crippen molar-refractivity contribution in [3.63, 3.8) is 0 Å². The van der Waals surface area contributed by atoms with Gasteiger partial charge < -0.3 is 19.9 Å². The molecule has 0 saturated carbocycles. The first kappa shape index (κ1) is 13.4. The lowest BCUT2D eigenvalue weighted by atomic mass is 10.1. The third-order valence-electron chi connectivity index (χ3n) is 2.81. The zero-order valence-electron chi connectivity index (χ0n) is 9.78. The Balaban J connectivity index is 1.96. The van der Waals surface area contributed by atoms with E-state index in [2.05, 4.69) is 5.32 Å². The minimum Gasteiger partial charge on any atom is -0.480 e. The number of methoxy groups -OCH3 is 1. The Kier molecular flexibility index (Phi) is 6.37. The van der Waals surface area contributed by atoms with Crippen LogP contribution in [-0.4, -0.2) is 50.1 Å². The summed E-state index contributed by atoms with van der Waals surface area (Å²) in [7, 11) is 1.65. The normalized spacial score (nSPS) is 24.8. The summed E-state index contributed by atoms with van der Waals surface area (Å²) in [5.41, 5.74) is 0. The van der Waals surface area contributed by atoms with Crippen molar-refractivity contribution >= 4 is 5.97 Å². The van der Waals surface area contributed by atoms with Crippen molar-refractivity contribution in [2.75, 3.05) is 26.9 Å². The Labute approximate surface area is 96.1 Å². The van der Waals surface area contributed by atoms with Crippen molar-refractivity contribution in [1.29, 1.82) is 0 Å². The zero-order valence-corrected chi connectivity index (χ0v) is 9.78. The van der Waals surface area contributed by atoms with Crippen molar-refractivity contribution in [1.82, 2.24) is 5.32 Å². The third-order valence-corrected chi connectivity index (χ3v) is 2.81. The van der Waals surface area contributed by atoms with E-state index in [0.717, 1.165) is 32.3 Å². The molecule has 0 aliphatic carbocycles. The minimum atomic E-state index is -0.737. The lowest BCUT2D eigenvalue weighted by molar-refractivity contribution is -0.139. The Morgan fingerprint density at radius 2 is 2.19 bits per heavy atom. The Morgan fingerprint density at radius 3 is 2.81 bits per heavy atom. The van der Waals surface area contributed by atoms with E-state index in [-0.39, 0.29) is 6.04 Å². The predicted octanol–water partition coefficient (Wildman–Crippen LogP) is 0.635. The Hall–Kier alpha value is -0.650. The van der Waals surface area contributed by atoms with E-state index < -0.39 is 5.97 Å². The van der Waals surface area contributed by atoms with Crippen LogP contribution in [0.25, 0.3) is 0 Å². The van der Waals surface area contributed by atoms with Gasteiger partial charge in [0.05, 0.1) is 13.2 Å². The van der Waals surface area contributed by atoms with Crippen LogP contribution in [0.1, 0.15) is 25.7 Å².